The molecule has 0 saturated heterocycles. The maximum absolute atomic E-state index is 3.98. The maximum atomic E-state index is 3.98. The topological polar surface area (TPSA) is 0 Å². The van der Waals surface area contributed by atoms with Crippen LogP contribution in [-0.4, -0.2) is 0 Å². The third-order valence-electron chi connectivity index (χ3n) is 6.61. The van der Waals surface area contributed by atoms with Gasteiger partial charge in [-0.1, -0.05) is 63.3 Å². The SMILES string of the molecule is CCCC1CCC(C2CCC(c3ccc(C#CS)cc3)CC2)CC1. The van der Waals surface area contributed by atoms with Gasteiger partial charge < -0.3 is 0 Å². The Morgan fingerprint density at radius 1 is 0.875 bits per heavy atom. The third kappa shape index (κ3) is 4.60. The molecule has 1 aromatic rings. The number of thiol groups is 1. The summed E-state index contributed by atoms with van der Waals surface area (Å²) in [6.45, 7) is 2.34. The van der Waals surface area contributed by atoms with Crippen LogP contribution in [0.4, 0.5) is 0 Å². The second-order valence-corrected chi connectivity index (χ2v) is 8.26. The Kier molecular flexibility index (Phi) is 6.73. The molecular weight excluding hydrogens is 308 g/mol. The molecule has 0 N–H and O–H groups in total. The van der Waals surface area contributed by atoms with Crippen molar-refractivity contribution in [2.45, 2.75) is 77.0 Å². The third-order valence-corrected chi connectivity index (χ3v) is 6.72. The highest BCUT2D eigenvalue weighted by molar-refractivity contribution is 7.85. The van der Waals surface area contributed by atoms with Gasteiger partial charge in [0.15, 0.2) is 0 Å². The number of hydrogen-bond donors (Lipinski definition) is 1. The molecule has 3 rings (SSSR count). The van der Waals surface area contributed by atoms with Gasteiger partial charge in [-0.25, -0.2) is 0 Å². The van der Waals surface area contributed by atoms with Crippen LogP contribution in [0.3, 0.4) is 0 Å². The molecule has 0 atom stereocenters. The first-order valence-corrected chi connectivity index (χ1v) is 10.5. The van der Waals surface area contributed by atoms with E-state index in [1.54, 1.807) is 0 Å². The molecule has 24 heavy (non-hydrogen) atoms. The van der Waals surface area contributed by atoms with Crippen LogP contribution in [0.15, 0.2) is 24.3 Å². The van der Waals surface area contributed by atoms with Crippen LogP contribution in [0.2, 0.25) is 0 Å². The second-order valence-electron chi connectivity index (χ2n) is 8.04. The summed E-state index contributed by atoms with van der Waals surface area (Å²) in [5, 5.41) is 2.68. The smallest absolute Gasteiger partial charge is 0.0254 e. The summed E-state index contributed by atoms with van der Waals surface area (Å²) in [6, 6.07) is 8.88. The Labute approximate surface area is 154 Å². The molecule has 0 heterocycles. The fourth-order valence-electron chi connectivity index (χ4n) is 5.18. The Balaban J connectivity index is 1.48. The molecule has 2 fully saturated rings. The van der Waals surface area contributed by atoms with Crippen molar-refractivity contribution in [3.8, 4) is 11.2 Å². The highest BCUT2D eigenvalue weighted by Crippen LogP contribution is 2.44. The first-order valence-electron chi connectivity index (χ1n) is 10.0. The van der Waals surface area contributed by atoms with E-state index in [9.17, 15) is 0 Å². The van der Waals surface area contributed by atoms with E-state index in [4.69, 9.17) is 0 Å². The van der Waals surface area contributed by atoms with E-state index in [-0.39, 0.29) is 0 Å². The number of rotatable bonds is 4. The molecule has 1 heteroatoms. The molecule has 0 nitrogen and oxygen atoms in total. The van der Waals surface area contributed by atoms with Gasteiger partial charge in [-0.2, -0.15) is 0 Å². The van der Waals surface area contributed by atoms with Crippen LogP contribution >= 0.6 is 12.6 Å². The summed E-state index contributed by atoms with van der Waals surface area (Å²) >= 11 is 3.98. The van der Waals surface area contributed by atoms with Crippen LogP contribution in [-0.2, 0) is 0 Å². The Morgan fingerprint density at radius 3 is 2.00 bits per heavy atom. The van der Waals surface area contributed by atoms with Gasteiger partial charge >= 0.3 is 0 Å². The average Bonchev–Trinajstić information content (AvgIpc) is 2.64. The molecule has 0 unspecified atom stereocenters. The van der Waals surface area contributed by atoms with Gasteiger partial charge in [0, 0.05) is 5.56 Å². The highest BCUT2D eigenvalue weighted by Gasteiger charge is 2.30. The van der Waals surface area contributed by atoms with Crippen molar-refractivity contribution < 1.29 is 0 Å². The number of hydrogen-bond acceptors (Lipinski definition) is 1. The predicted molar refractivity (Wildman–Crippen MR) is 107 cm³/mol. The standard InChI is InChI=1S/C23H32S/c1-2-3-18-4-8-20(9-5-18)22-12-14-23(15-13-22)21-10-6-19(7-11-21)16-17-24/h6-7,10-11,18,20,22-24H,2-5,8-9,12-15H2,1H3. The lowest BCUT2D eigenvalue weighted by atomic mass is 9.68. The molecule has 2 aliphatic carbocycles. The van der Waals surface area contributed by atoms with E-state index in [2.05, 4.69) is 55.0 Å². The zero-order valence-electron chi connectivity index (χ0n) is 15.1. The summed E-state index contributed by atoms with van der Waals surface area (Å²) in [7, 11) is 0. The molecule has 1 aromatic carbocycles. The van der Waals surface area contributed by atoms with Gasteiger partial charge in [0.2, 0.25) is 0 Å². The van der Waals surface area contributed by atoms with Crippen molar-refractivity contribution in [3.05, 3.63) is 35.4 Å². The normalized spacial score (nSPS) is 30.4. The Morgan fingerprint density at radius 2 is 1.46 bits per heavy atom. The molecule has 0 bridgehead atoms. The van der Waals surface area contributed by atoms with Crippen molar-refractivity contribution in [2.24, 2.45) is 17.8 Å². The molecular formula is C23H32S. The van der Waals surface area contributed by atoms with E-state index in [0.29, 0.717) is 0 Å². The lowest BCUT2D eigenvalue weighted by Crippen LogP contribution is -2.25. The molecule has 0 radical (unpaired) electrons. The van der Waals surface area contributed by atoms with E-state index in [1.807, 2.05) is 0 Å². The summed E-state index contributed by atoms with van der Waals surface area (Å²) in [6.07, 6.45) is 14.5. The fourth-order valence-corrected chi connectivity index (χ4v) is 5.31. The van der Waals surface area contributed by atoms with Crippen molar-refractivity contribution in [2.75, 3.05) is 0 Å². The Hall–Kier alpha value is -0.870. The quantitative estimate of drug-likeness (QED) is 0.452. The minimum atomic E-state index is 0.774. The predicted octanol–water partition coefficient (Wildman–Crippen LogP) is 6.81. The van der Waals surface area contributed by atoms with Crippen molar-refractivity contribution in [3.63, 3.8) is 0 Å². The summed E-state index contributed by atoms with van der Waals surface area (Å²) in [5.74, 6) is 6.88. The van der Waals surface area contributed by atoms with Gasteiger partial charge in [0.05, 0.1) is 0 Å². The number of benzene rings is 1. The van der Waals surface area contributed by atoms with Gasteiger partial charge in [-0.3, -0.25) is 0 Å². The van der Waals surface area contributed by atoms with E-state index >= 15 is 0 Å². The molecule has 0 aromatic heterocycles. The zero-order chi connectivity index (χ0) is 16.8. The van der Waals surface area contributed by atoms with Gasteiger partial charge in [0.1, 0.15) is 0 Å². The molecule has 2 saturated carbocycles. The zero-order valence-corrected chi connectivity index (χ0v) is 16.0. The summed E-state index contributed by atoms with van der Waals surface area (Å²) < 4.78 is 0. The van der Waals surface area contributed by atoms with Crippen LogP contribution in [0, 0.1) is 28.9 Å². The lowest BCUT2D eigenvalue weighted by Gasteiger charge is -2.38. The van der Waals surface area contributed by atoms with Gasteiger partial charge in [0.25, 0.3) is 0 Å². The maximum Gasteiger partial charge on any atom is 0.0254 e. The highest BCUT2D eigenvalue weighted by atomic mass is 32.1. The average molecular weight is 341 g/mol. The fraction of sp³-hybridized carbons (Fsp3) is 0.652. The molecule has 0 aliphatic heterocycles. The van der Waals surface area contributed by atoms with Crippen LogP contribution in [0.1, 0.15) is 88.2 Å². The van der Waals surface area contributed by atoms with E-state index in [0.717, 1.165) is 29.2 Å². The molecule has 0 amide bonds. The largest absolute Gasteiger partial charge is 0.0918 e. The first-order chi connectivity index (χ1) is 11.8. The van der Waals surface area contributed by atoms with Crippen LogP contribution < -0.4 is 0 Å². The van der Waals surface area contributed by atoms with Crippen molar-refractivity contribution in [1.29, 1.82) is 0 Å². The summed E-state index contributed by atoms with van der Waals surface area (Å²) in [5.41, 5.74) is 2.59. The second kappa shape index (κ2) is 9.00. The minimum Gasteiger partial charge on any atom is -0.0918 e. The van der Waals surface area contributed by atoms with Gasteiger partial charge in [-0.05, 0) is 85.1 Å². The monoisotopic (exact) mass is 340 g/mol. The molecule has 130 valence electrons. The summed E-state index contributed by atoms with van der Waals surface area (Å²) in [4.78, 5) is 0. The van der Waals surface area contributed by atoms with Crippen LogP contribution in [0.5, 0.6) is 0 Å². The van der Waals surface area contributed by atoms with Crippen molar-refractivity contribution >= 4 is 12.6 Å². The van der Waals surface area contributed by atoms with E-state index < -0.39 is 0 Å². The minimum absolute atomic E-state index is 0.774. The van der Waals surface area contributed by atoms with Gasteiger partial charge in [-0.15, -0.1) is 0 Å². The molecule has 2 aliphatic rings. The lowest BCUT2D eigenvalue weighted by molar-refractivity contribution is 0.156. The van der Waals surface area contributed by atoms with Crippen LogP contribution in [0.25, 0.3) is 0 Å². The van der Waals surface area contributed by atoms with Crippen molar-refractivity contribution in [1.82, 2.24) is 0 Å². The Bertz CT molecular complexity index is 546. The molecule has 0 spiro atoms. The van der Waals surface area contributed by atoms with E-state index in [1.165, 1.54) is 69.8 Å². The first kappa shape index (κ1) is 17.9.